The maximum absolute atomic E-state index is 13.0. The highest BCUT2D eigenvalue weighted by molar-refractivity contribution is 5.94. The van der Waals surface area contributed by atoms with Crippen LogP contribution in [0.1, 0.15) is 27.0 Å². The summed E-state index contributed by atoms with van der Waals surface area (Å²) in [7, 11) is 5.36. The normalized spacial score (nSPS) is 11.7. The Labute approximate surface area is 163 Å². The predicted molar refractivity (Wildman–Crippen MR) is 102 cm³/mol. The van der Waals surface area contributed by atoms with Crippen molar-refractivity contribution in [1.82, 2.24) is 9.80 Å². The maximum atomic E-state index is 13.0. The molecule has 4 nitrogen and oxygen atoms in total. The van der Waals surface area contributed by atoms with Gasteiger partial charge < -0.3 is 14.5 Å². The first-order valence-corrected chi connectivity index (χ1v) is 8.88. The van der Waals surface area contributed by atoms with Crippen LogP contribution in [0.4, 0.5) is 13.2 Å². The number of benzene rings is 2. The van der Waals surface area contributed by atoms with Crippen molar-refractivity contribution in [2.24, 2.45) is 0 Å². The minimum atomic E-state index is -4.41. The summed E-state index contributed by atoms with van der Waals surface area (Å²) in [6.07, 6.45) is -4.41. The second-order valence-electron chi connectivity index (χ2n) is 6.86. The Morgan fingerprint density at radius 3 is 2.25 bits per heavy atom. The molecule has 1 amide bonds. The second kappa shape index (κ2) is 9.71. The monoisotopic (exact) mass is 394 g/mol. The summed E-state index contributed by atoms with van der Waals surface area (Å²) < 4.78 is 44.0. The van der Waals surface area contributed by atoms with Crippen LogP contribution >= 0.6 is 0 Å². The van der Waals surface area contributed by atoms with Gasteiger partial charge in [0.2, 0.25) is 0 Å². The summed E-state index contributed by atoms with van der Waals surface area (Å²) in [6.45, 7) is 1.56. The maximum Gasteiger partial charge on any atom is 0.416 e. The quantitative estimate of drug-likeness (QED) is 0.677. The van der Waals surface area contributed by atoms with Gasteiger partial charge in [0.25, 0.3) is 5.91 Å². The van der Waals surface area contributed by atoms with Crippen molar-refractivity contribution < 1.29 is 22.7 Å². The summed E-state index contributed by atoms with van der Waals surface area (Å²) in [5, 5.41) is 0. The molecule has 152 valence electrons. The number of methoxy groups -OCH3 is 1. The van der Waals surface area contributed by atoms with E-state index in [1.54, 1.807) is 30.2 Å². The molecule has 28 heavy (non-hydrogen) atoms. The lowest BCUT2D eigenvalue weighted by Gasteiger charge is -2.25. The summed E-state index contributed by atoms with van der Waals surface area (Å²) in [5.41, 5.74) is 1.16. The van der Waals surface area contributed by atoms with Gasteiger partial charge in [-0.25, -0.2) is 0 Å². The Bertz CT molecular complexity index is 774. The van der Waals surface area contributed by atoms with E-state index in [9.17, 15) is 18.0 Å². The topological polar surface area (TPSA) is 32.8 Å². The zero-order chi connectivity index (χ0) is 20.7. The van der Waals surface area contributed by atoms with Crippen molar-refractivity contribution in [2.75, 3.05) is 34.3 Å². The number of likely N-dealkylation sites (N-methyl/N-ethyl adjacent to an activating group) is 1. The Morgan fingerprint density at radius 1 is 1.00 bits per heavy atom. The number of hydrogen-bond donors (Lipinski definition) is 0. The Hall–Kier alpha value is -2.38. The van der Waals surface area contributed by atoms with Crippen LogP contribution in [0.5, 0.6) is 0 Å². The Kier molecular flexibility index (Phi) is 7.60. The first kappa shape index (κ1) is 21.9. The Balaban J connectivity index is 2.22. The van der Waals surface area contributed by atoms with Crippen molar-refractivity contribution in [1.29, 1.82) is 0 Å². The molecule has 0 heterocycles. The predicted octanol–water partition coefficient (Wildman–Crippen LogP) is 4.06. The third-order valence-electron chi connectivity index (χ3n) is 4.24. The van der Waals surface area contributed by atoms with E-state index in [1.165, 1.54) is 6.07 Å². The molecule has 0 aliphatic rings. The van der Waals surface area contributed by atoms with Crippen LogP contribution < -0.4 is 0 Å². The van der Waals surface area contributed by atoms with Crippen molar-refractivity contribution >= 4 is 5.91 Å². The molecule has 0 saturated heterocycles. The van der Waals surface area contributed by atoms with Gasteiger partial charge in [0.1, 0.15) is 0 Å². The molecule has 2 aromatic carbocycles. The summed E-state index contributed by atoms with van der Waals surface area (Å²) in [5.74, 6) is -0.219. The van der Waals surface area contributed by atoms with Crippen molar-refractivity contribution in [2.45, 2.75) is 19.3 Å². The van der Waals surface area contributed by atoms with E-state index in [4.69, 9.17) is 4.74 Å². The van der Waals surface area contributed by atoms with Gasteiger partial charge in [-0.05, 0) is 49.5 Å². The molecule has 0 aromatic heterocycles. The molecule has 0 spiro atoms. The summed E-state index contributed by atoms with van der Waals surface area (Å²) >= 11 is 0. The first-order valence-electron chi connectivity index (χ1n) is 8.88. The van der Waals surface area contributed by atoms with Gasteiger partial charge in [-0.15, -0.1) is 0 Å². The lowest BCUT2D eigenvalue weighted by atomic mass is 10.1. The molecule has 0 radical (unpaired) electrons. The highest BCUT2D eigenvalue weighted by Gasteiger charge is 2.30. The van der Waals surface area contributed by atoms with E-state index < -0.39 is 11.7 Å². The van der Waals surface area contributed by atoms with Gasteiger partial charge in [-0.3, -0.25) is 4.79 Å². The van der Waals surface area contributed by atoms with Gasteiger partial charge in [0.05, 0.1) is 12.2 Å². The first-order chi connectivity index (χ1) is 13.2. The average molecular weight is 394 g/mol. The number of hydrogen-bond acceptors (Lipinski definition) is 3. The molecule has 2 rings (SSSR count). The second-order valence-corrected chi connectivity index (χ2v) is 6.86. The zero-order valence-corrected chi connectivity index (χ0v) is 16.3. The number of carbonyl (C=O) groups is 1. The molecule has 0 saturated carbocycles. The van der Waals surface area contributed by atoms with Crippen molar-refractivity contribution in [3.05, 3.63) is 70.8 Å². The molecular formula is C21H25F3N2O2. The van der Waals surface area contributed by atoms with Gasteiger partial charge in [0, 0.05) is 32.3 Å². The van der Waals surface area contributed by atoms with Crippen molar-refractivity contribution in [3.8, 4) is 0 Å². The number of nitrogens with zero attached hydrogens (tertiary/aromatic N) is 2. The molecule has 0 atom stereocenters. The van der Waals surface area contributed by atoms with Crippen LogP contribution in [-0.2, 0) is 24.1 Å². The highest BCUT2D eigenvalue weighted by atomic mass is 19.4. The lowest BCUT2D eigenvalue weighted by molar-refractivity contribution is -0.137. The van der Waals surface area contributed by atoms with Crippen LogP contribution in [0.3, 0.4) is 0 Å². The SMILES string of the molecule is COCc1ccc(C(=O)N(CCN(C)C)Cc2cccc(C(F)(F)F)c2)cc1. The Morgan fingerprint density at radius 2 is 1.68 bits per heavy atom. The number of ether oxygens (including phenoxy) is 1. The molecule has 0 N–H and O–H groups in total. The van der Waals surface area contributed by atoms with Crippen LogP contribution in [0.25, 0.3) is 0 Å². The average Bonchev–Trinajstić information content (AvgIpc) is 2.65. The minimum absolute atomic E-state index is 0.108. The van der Waals surface area contributed by atoms with Gasteiger partial charge in [0.15, 0.2) is 0 Å². The summed E-state index contributed by atoms with van der Waals surface area (Å²) in [6, 6.07) is 12.1. The zero-order valence-electron chi connectivity index (χ0n) is 16.3. The fraction of sp³-hybridized carbons (Fsp3) is 0.381. The third-order valence-corrected chi connectivity index (χ3v) is 4.24. The number of halogens is 3. The van der Waals surface area contributed by atoms with E-state index >= 15 is 0 Å². The van der Waals surface area contributed by atoms with Crippen LogP contribution in [0.2, 0.25) is 0 Å². The van der Waals surface area contributed by atoms with Gasteiger partial charge >= 0.3 is 6.18 Å². The molecule has 0 aliphatic heterocycles. The third kappa shape index (κ3) is 6.35. The molecule has 0 fully saturated rings. The fourth-order valence-corrected chi connectivity index (χ4v) is 2.73. The van der Waals surface area contributed by atoms with E-state index in [2.05, 4.69) is 0 Å². The smallest absolute Gasteiger partial charge is 0.380 e. The molecule has 7 heteroatoms. The van der Waals surface area contributed by atoms with Crippen LogP contribution in [0, 0.1) is 0 Å². The highest BCUT2D eigenvalue weighted by Crippen LogP contribution is 2.29. The number of rotatable bonds is 8. The minimum Gasteiger partial charge on any atom is -0.380 e. The molecular weight excluding hydrogens is 369 g/mol. The number of carbonyl (C=O) groups excluding carboxylic acids is 1. The molecule has 0 aliphatic carbocycles. The number of alkyl halides is 3. The van der Waals surface area contributed by atoms with Crippen molar-refractivity contribution in [3.63, 3.8) is 0 Å². The molecule has 0 unspecified atom stereocenters. The standard InChI is InChI=1S/C21H25F3N2O2/c1-25(2)11-12-26(14-17-5-4-6-19(13-17)21(22,23)24)20(27)18-9-7-16(8-10-18)15-28-3/h4-10,13H,11-12,14-15H2,1-3H3. The molecule has 0 bridgehead atoms. The van der Waals surface area contributed by atoms with E-state index in [0.29, 0.717) is 30.8 Å². The molecule has 2 aromatic rings. The largest absolute Gasteiger partial charge is 0.416 e. The number of amides is 1. The fourth-order valence-electron chi connectivity index (χ4n) is 2.73. The lowest BCUT2D eigenvalue weighted by Crippen LogP contribution is -2.36. The van der Waals surface area contributed by atoms with Gasteiger partial charge in [-0.2, -0.15) is 13.2 Å². The van der Waals surface area contributed by atoms with Gasteiger partial charge in [-0.1, -0.05) is 24.3 Å². The van der Waals surface area contributed by atoms with Crippen LogP contribution in [-0.4, -0.2) is 50.0 Å². The van der Waals surface area contributed by atoms with E-state index in [-0.39, 0.29) is 12.5 Å². The summed E-state index contributed by atoms with van der Waals surface area (Å²) in [4.78, 5) is 16.5. The van der Waals surface area contributed by atoms with E-state index in [1.807, 2.05) is 31.1 Å². The van der Waals surface area contributed by atoms with Crippen LogP contribution in [0.15, 0.2) is 48.5 Å². The van der Waals surface area contributed by atoms with E-state index in [0.717, 1.165) is 17.7 Å².